The fourth-order valence-electron chi connectivity index (χ4n) is 9.80. The first-order valence-corrected chi connectivity index (χ1v) is 13.8. The molecule has 1 aromatic rings. The quantitative estimate of drug-likeness (QED) is 0.541. The molecule has 2 heteroatoms. The molecular formula is C30H43NO. The molecule has 2 nitrogen and oxygen atoms in total. The summed E-state index contributed by atoms with van der Waals surface area (Å²) in [4.78, 5) is 12.5. The van der Waals surface area contributed by atoms with Crippen molar-refractivity contribution in [2.75, 3.05) is 0 Å². The Hall–Kier alpha value is -1.31. The Morgan fingerprint density at radius 1 is 0.719 bits per heavy atom. The maximum atomic E-state index is 12.5. The van der Waals surface area contributed by atoms with Gasteiger partial charge in [0, 0.05) is 13.0 Å². The molecule has 9 rings (SSSR count). The van der Waals surface area contributed by atoms with Gasteiger partial charge in [0.25, 0.3) is 0 Å². The van der Waals surface area contributed by atoms with Crippen LogP contribution in [0, 0.1) is 53.8 Å². The first kappa shape index (κ1) is 21.2. The van der Waals surface area contributed by atoms with Crippen molar-refractivity contribution in [3.8, 4) is 0 Å². The maximum Gasteiger partial charge on any atom is 0.220 e. The summed E-state index contributed by atoms with van der Waals surface area (Å²) in [5.74, 6) is 7.76. The van der Waals surface area contributed by atoms with Crippen LogP contribution in [0.15, 0.2) is 24.3 Å². The summed E-state index contributed by atoms with van der Waals surface area (Å²) in [6.45, 7) is 2.76. The molecule has 0 aromatic heterocycles. The molecule has 0 unspecified atom stereocenters. The predicted molar refractivity (Wildman–Crippen MR) is 130 cm³/mol. The lowest BCUT2D eigenvalue weighted by atomic mass is 9.49. The number of benzene rings is 1. The molecule has 0 atom stereocenters. The zero-order valence-corrected chi connectivity index (χ0v) is 20.2. The van der Waals surface area contributed by atoms with Crippen molar-refractivity contribution in [2.45, 2.75) is 96.9 Å². The highest BCUT2D eigenvalue weighted by atomic mass is 16.1. The van der Waals surface area contributed by atoms with Gasteiger partial charge in [0.2, 0.25) is 5.91 Å². The Morgan fingerprint density at radius 3 is 1.56 bits per heavy atom. The topological polar surface area (TPSA) is 29.1 Å². The minimum Gasteiger partial charge on any atom is -0.352 e. The van der Waals surface area contributed by atoms with E-state index in [1.54, 1.807) is 38.5 Å². The first-order chi connectivity index (χ1) is 15.5. The van der Waals surface area contributed by atoms with E-state index in [2.05, 4.69) is 36.5 Å². The third-order valence-electron chi connectivity index (χ3n) is 10.3. The second-order valence-corrected chi connectivity index (χ2v) is 13.2. The second-order valence-electron chi connectivity index (χ2n) is 13.2. The fraction of sp³-hybridized carbons (Fsp3) is 0.767. The van der Waals surface area contributed by atoms with Crippen LogP contribution in [0.5, 0.6) is 0 Å². The van der Waals surface area contributed by atoms with Gasteiger partial charge in [0.15, 0.2) is 0 Å². The SMILES string of the molecule is C1C2CC3CC1CC(C2)C3.Cc1ccc(CNC(=O)CC23CC4CC(CC(C4)C2)C3)cc1. The van der Waals surface area contributed by atoms with Gasteiger partial charge < -0.3 is 5.32 Å². The zero-order valence-electron chi connectivity index (χ0n) is 20.2. The van der Waals surface area contributed by atoms with Crippen molar-refractivity contribution in [3.63, 3.8) is 0 Å². The molecule has 8 aliphatic rings. The van der Waals surface area contributed by atoms with Crippen molar-refractivity contribution in [1.29, 1.82) is 0 Å². The van der Waals surface area contributed by atoms with Gasteiger partial charge in [-0.15, -0.1) is 0 Å². The molecule has 0 saturated heterocycles. The van der Waals surface area contributed by atoms with Crippen molar-refractivity contribution >= 4 is 5.91 Å². The van der Waals surface area contributed by atoms with Gasteiger partial charge in [-0.1, -0.05) is 29.8 Å². The summed E-state index contributed by atoms with van der Waals surface area (Å²) in [7, 11) is 0. The molecule has 8 saturated carbocycles. The Labute approximate surface area is 195 Å². The van der Waals surface area contributed by atoms with Crippen LogP contribution in [0.25, 0.3) is 0 Å². The number of aryl methyl sites for hydroxylation is 1. The van der Waals surface area contributed by atoms with Crippen molar-refractivity contribution < 1.29 is 4.79 Å². The van der Waals surface area contributed by atoms with Crippen LogP contribution in [0.2, 0.25) is 0 Å². The second kappa shape index (κ2) is 8.48. The monoisotopic (exact) mass is 433 g/mol. The van der Waals surface area contributed by atoms with Crippen LogP contribution in [0.4, 0.5) is 0 Å². The van der Waals surface area contributed by atoms with Gasteiger partial charge in [-0.2, -0.15) is 0 Å². The van der Waals surface area contributed by atoms with E-state index in [0.29, 0.717) is 12.0 Å². The summed E-state index contributed by atoms with van der Waals surface area (Å²) < 4.78 is 0. The van der Waals surface area contributed by atoms with Crippen molar-refractivity contribution in [3.05, 3.63) is 35.4 Å². The van der Waals surface area contributed by atoms with Crippen LogP contribution in [0.3, 0.4) is 0 Å². The van der Waals surface area contributed by atoms with Gasteiger partial charge in [-0.3, -0.25) is 4.79 Å². The number of rotatable bonds is 4. The molecule has 8 fully saturated rings. The number of hydrogen-bond donors (Lipinski definition) is 1. The Morgan fingerprint density at radius 2 is 1.12 bits per heavy atom. The summed E-state index contributed by atoms with van der Waals surface area (Å²) >= 11 is 0. The molecule has 174 valence electrons. The number of nitrogens with one attached hydrogen (secondary N) is 1. The van der Waals surface area contributed by atoms with Gasteiger partial charge in [-0.25, -0.2) is 0 Å². The lowest BCUT2D eigenvalue weighted by molar-refractivity contribution is -0.129. The van der Waals surface area contributed by atoms with Gasteiger partial charge in [0.05, 0.1) is 0 Å². The van der Waals surface area contributed by atoms with Crippen LogP contribution in [-0.2, 0) is 11.3 Å². The molecule has 1 N–H and O–H groups in total. The molecule has 0 radical (unpaired) electrons. The van der Waals surface area contributed by atoms with Gasteiger partial charge in [0.1, 0.15) is 0 Å². The van der Waals surface area contributed by atoms with Gasteiger partial charge in [-0.05, 0) is 136 Å². The Balaban J connectivity index is 0.000000161. The predicted octanol–water partition coefficient (Wildman–Crippen LogP) is 7.05. The van der Waals surface area contributed by atoms with E-state index >= 15 is 0 Å². The summed E-state index contributed by atoms with van der Waals surface area (Å²) in [6.07, 6.45) is 18.7. The summed E-state index contributed by atoms with van der Waals surface area (Å²) in [5.41, 5.74) is 2.82. The van der Waals surface area contributed by atoms with Crippen LogP contribution in [0.1, 0.15) is 94.6 Å². The minimum absolute atomic E-state index is 0.266. The fourth-order valence-corrected chi connectivity index (χ4v) is 9.80. The Kier molecular flexibility index (Phi) is 5.63. The van der Waals surface area contributed by atoms with E-state index in [1.165, 1.54) is 73.3 Å². The third-order valence-corrected chi connectivity index (χ3v) is 10.3. The van der Waals surface area contributed by atoms with E-state index in [9.17, 15) is 4.79 Å². The van der Waals surface area contributed by atoms with Crippen LogP contribution < -0.4 is 5.32 Å². The summed E-state index contributed by atoms with van der Waals surface area (Å²) in [5, 5.41) is 3.15. The van der Waals surface area contributed by atoms with Crippen molar-refractivity contribution in [1.82, 2.24) is 5.32 Å². The van der Waals surface area contributed by atoms with Crippen LogP contribution >= 0.6 is 0 Å². The van der Waals surface area contributed by atoms with E-state index in [-0.39, 0.29) is 5.91 Å². The molecule has 1 aromatic carbocycles. The smallest absolute Gasteiger partial charge is 0.220 e. The molecule has 1 amide bonds. The minimum atomic E-state index is 0.266. The molecule has 8 aliphatic carbocycles. The lowest BCUT2D eigenvalue weighted by Crippen LogP contribution is -2.47. The van der Waals surface area contributed by atoms with Crippen LogP contribution in [-0.4, -0.2) is 5.91 Å². The highest BCUT2D eigenvalue weighted by Gasteiger charge is 2.51. The molecule has 0 heterocycles. The molecule has 8 bridgehead atoms. The number of amides is 1. The normalized spacial score (nSPS) is 42.5. The standard InChI is InChI=1S/C20H27NO.C10H16/c1-14-2-4-15(5-3-14)13-21-19(22)12-20-9-16-6-17(10-20)8-18(7-16)11-20;1-7-2-9-4-8(1)5-10(3-7)6-9/h2-5,16-18H,6-13H2,1H3,(H,21,22);7-10H,1-6H2. The average molecular weight is 434 g/mol. The molecule has 0 spiro atoms. The summed E-state index contributed by atoms with van der Waals surface area (Å²) in [6, 6.07) is 8.45. The number of hydrogen-bond acceptors (Lipinski definition) is 1. The third kappa shape index (κ3) is 4.53. The highest BCUT2D eigenvalue weighted by Crippen LogP contribution is 2.61. The first-order valence-electron chi connectivity index (χ1n) is 13.8. The zero-order chi connectivity index (χ0) is 21.7. The Bertz CT molecular complexity index is 732. The number of carbonyl (C=O) groups excluding carboxylic acids is 1. The molecule has 32 heavy (non-hydrogen) atoms. The van der Waals surface area contributed by atoms with Crippen molar-refractivity contribution in [2.24, 2.45) is 46.8 Å². The highest BCUT2D eigenvalue weighted by molar-refractivity contribution is 5.76. The average Bonchev–Trinajstić information content (AvgIpc) is 2.71. The van der Waals surface area contributed by atoms with E-state index in [4.69, 9.17) is 0 Å². The van der Waals surface area contributed by atoms with E-state index < -0.39 is 0 Å². The molecule has 0 aliphatic heterocycles. The lowest BCUT2D eigenvalue weighted by Gasteiger charge is -2.56. The van der Waals surface area contributed by atoms with Gasteiger partial charge >= 0.3 is 0 Å². The largest absolute Gasteiger partial charge is 0.352 e. The van der Waals surface area contributed by atoms with E-state index in [1.807, 2.05) is 0 Å². The maximum absolute atomic E-state index is 12.5. The molecular weight excluding hydrogens is 390 g/mol. The number of carbonyl (C=O) groups is 1. The van der Waals surface area contributed by atoms with E-state index in [0.717, 1.165) is 24.2 Å².